The summed E-state index contributed by atoms with van der Waals surface area (Å²) in [6.07, 6.45) is 3.83. The molecule has 0 unspecified atom stereocenters. The van der Waals surface area contributed by atoms with Crippen LogP contribution >= 0.6 is 23.1 Å². The first-order valence-corrected chi connectivity index (χ1v) is 8.95. The van der Waals surface area contributed by atoms with E-state index >= 15 is 0 Å². The molecular weight excluding hydrogens is 288 g/mol. The van der Waals surface area contributed by atoms with Crippen molar-refractivity contribution in [3.8, 4) is 0 Å². The Morgan fingerprint density at radius 1 is 1.25 bits per heavy atom. The van der Waals surface area contributed by atoms with Crippen molar-refractivity contribution >= 4 is 39.1 Å². The third kappa shape index (κ3) is 3.42. The van der Waals surface area contributed by atoms with Gasteiger partial charge >= 0.3 is 0 Å². The number of aromatic nitrogens is 2. The summed E-state index contributed by atoms with van der Waals surface area (Å²) >= 11 is 3.61. The topological polar surface area (TPSA) is 63.8 Å². The molecule has 0 fully saturated rings. The van der Waals surface area contributed by atoms with E-state index in [4.69, 9.17) is 5.84 Å². The predicted octanol–water partition coefficient (Wildman–Crippen LogP) is 4.02. The molecule has 4 nitrogen and oxygen atoms in total. The number of aryl methyl sites for hydroxylation is 2. The number of hydrazine groups is 1. The summed E-state index contributed by atoms with van der Waals surface area (Å²) < 4.78 is 0. The first-order chi connectivity index (χ1) is 9.67. The van der Waals surface area contributed by atoms with Gasteiger partial charge in [-0.1, -0.05) is 19.8 Å². The average molecular weight is 310 g/mol. The maximum Gasteiger partial charge on any atom is 0.152 e. The number of thioether (sulfide) groups is 1. The summed E-state index contributed by atoms with van der Waals surface area (Å²) in [5, 5.41) is 1.06. The van der Waals surface area contributed by atoms with Crippen molar-refractivity contribution in [2.45, 2.75) is 45.8 Å². The zero-order chi connectivity index (χ0) is 14.5. The van der Waals surface area contributed by atoms with Crippen molar-refractivity contribution in [3.05, 3.63) is 16.3 Å². The second-order valence-corrected chi connectivity index (χ2v) is 7.16. The molecule has 0 aliphatic carbocycles. The molecular formula is C14H22N4S2. The van der Waals surface area contributed by atoms with Crippen molar-refractivity contribution in [2.75, 3.05) is 11.2 Å². The van der Waals surface area contributed by atoms with Crippen LogP contribution in [0.25, 0.3) is 10.2 Å². The Kier molecular flexibility index (Phi) is 5.63. The molecule has 0 radical (unpaired) electrons. The number of nitrogens with two attached hydrogens (primary N) is 1. The molecule has 0 aliphatic rings. The van der Waals surface area contributed by atoms with Crippen molar-refractivity contribution in [1.29, 1.82) is 0 Å². The molecule has 6 heteroatoms. The Morgan fingerprint density at radius 3 is 2.75 bits per heavy atom. The Morgan fingerprint density at radius 2 is 2.05 bits per heavy atom. The van der Waals surface area contributed by atoms with Gasteiger partial charge in [0.2, 0.25) is 0 Å². The number of nitrogens with one attached hydrogen (secondary N) is 1. The van der Waals surface area contributed by atoms with Crippen LogP contribution in [0.15, 0.2) is 0 Å². The van der Waals surface area contributed by atoms with Crippen LogP contribution in [0, 0.1) is 13.8 Å². The van der Waals surface area contributed by atoms with Gasteiger partial charge < -0.3 is 5.43 Å². The molecule has 0 spiro atoms. The molecule has 2 rings (SSSR count). The lowest BCUT2D eigenvalue weighted by Gasteiger charge is -2.06. The summed E-state index contributed by atoms with van der Waals surface area (Å²) in [4.78, 5) is 11.5. The molecule has 2 heterocycles. The van der Waals surface area contributed by atoms with Gasteiger partial charge in [0.25, 0.3) is 0 Å². The Balaban J connectivity index is 2.15. The highest BCUT2D eigenvalue weighted by atomic mass is 32.2. The fourth-order valence-electron chi connectivity index (χ4n) is 2.08. The minimum Gasteiger partial charge on any atom is -0.308 e. The van der Waals surface area contributed by atoms with Gasteiger partial charge in [-0.25, -0.2) is 15.8 Å². The number of fused-ring (bicyclic) bond motifs is 1. The van der Waals surface area contributed by atoms with Crippen LogP contribution in [0.2, 0.25) is 0 Å². The van der Waals surface area contributed by atoms with E-state index in [1.165, 1.54) is 35.5 Å². The fraction of sp³-hybridized carbons (Fsp3) is 0.571. The smallest absolute Gasteiger partial charge is 0.152 e. The summed E-state index contributed by atoms with van der Waals surface area (Å²) in [5.74, 6) is 9.26. The number of rotatable bonds is 7. The average Bonchev–Trinajstić information content (AvgIpc) is 2.73. The highest BCUT2D eigenvalue weighted by Crippen LogP contribution is 2.33. The molecule has 0 amide bonds. The number of hydrogen-bond donors (Lipinski definition) is 2. The lowest BCUT2D eigenvalue weighted by atomic mass is 10.2. The SMILES string of the molecule is CCCCCSCc1nc(NN)c2c(C)c(C)sc2n1. The third-order valence-corrected chi connectivity index (χ3v) is 5.48. The zero-order valence-electron chi connectivity index (χ0n) is 12.3. The van der Waals surface area contributed by atoms with E-state index in [1.807, 2.05) is 11.8 Å². The maximum absolute atomic E-state index is 5.61. The predicted molar refractivity (Wildman–Crippen MR) is 90.4 cm³/mol. The molecule has 0 aliphatic heterocycles. The summed E-state index contributed by atoms with van der Waals surface area (Å²) in [5.41, 5.74) is 3.94. The van der Waals surface area contributed by atoms with E-state index in [2.05, 4.69) is 36.2 Å². The van der Waals surface area contributed by atoms with E-state index in [0.29, 0.717) is 0 Å². The summed E-state index contributed by atoms with van der Waals surface area (Å²) in [6, 6.07) is 0. The minimum absolute atomic E-state index is 0.751. The Labute approximate surface area is 128 Å². The van der Waals surface area contributed by atoms with Gasteiger partial charge in [0.1, 0.15) is 10.7 Å². The van der Waals surface area contributed by atoms with E-state index in [9.17, 15) is 0 Å². The molecule has 2 aromatic heterocycles. The molecule has 0 saturated carbocycles. The number of thiophene rings is 1. The second kappa shape index (κ2) is 7.24. The summed E-state index contributed by atoms with van der Waals surface area (Å²) in [7, 11) is 0. The standard InChI is InChI=1S/C14H22N4S2/c1-4-5-6-7-19-8-11-16-13(18-15)12-9(2)10(3)20-14(12)17-11/h4-8,15H2,1-3H3,(H,16,17,18). The number of unbranched alkanes of at least 4 members (excludes halogenated alkanes) is 2. The lowest BCUT2D eigenvalue weighted by molar-refractivity contribution is 0.778. The summed E-state index contributed by atoms with van der Waals surface area (Å²) in [6.45, 7) is 6.43. The molecule has 2 aromatic rings. The van der Waals surface area contributed by atoms with Gasteiger partial charge in [-0.05, 0) is 31.6 Å². The van der Waals surface area contributed by atoms with Crippen LogP contribution < -0.4 is 11.3 Å². The number of anilines is 1. The van der Waals surface area contributed by atoms with Crippen LogP contribution in [0.3, 0.4) is 0 Å². The van der Waals surface area contributed by atoms with E-state index in [-0.39, 0.29) is 0 Å². The Bertz CT molecular complexity index is 580. The monoisotopic (exact) mass is 310 g/mol. The molecule has 20 heavy (non-hydrogen) atoms. The third-order valence-electron chi connectivity index (χ3n) is 3.34. The van der Waals surface area contributed by atoms with E-state index in [0.717, 1.165) is 27.6 Å². The van der Waals surface area contributed by atoms with Crippen molar-refractivity contribution in [2.24, 2.45) is 5.84 Å². The van der Waals surface area contributed by atoms with E-state index < -0.39 is 0 Å². The van der Waals surface area contributed by atoms with Crippen LogP contribution in [0.1, 0.15) is 42.5 Å². The van der Waals surface area contributed by atoms with Crippen LogP contribution in [-0.4, -0.2) is 15.7 Å². The van der Waals surface area contributed by atoms with Gasteiger partial charge in [-0.2, -0.15) is 11.8 Å². The molecule has 110 valence electrons. The normalized spacial score (nSPS) is 11.2. The number of nitrogen functional groups attached to an aromatic ring is 1. The van der Waals surface area contributed by atoms with Gasteiger partial charge in [0.15, 0.2) is 5.82 Å². The maximum atomic E-state index is 5.61. The highest BCUT2D eigenvalue weighted by molar-refractivity contribution is 7.98. The van der Waals surface area contributed by atoms with Gasteiger partial charge in [0, 0.05) is 4.88 Å². The van der Waals surface area contributed by atoms with Gasteiger partial charge in [0.05, 0.1) is 11.1 Å². The molecule has 0 bridgehead atoms. The van der Waals surface area contributed by atoms with Crippen LogP contribution in [-0.2, 0) is 5.75 Å². The largest absolute Gasteiger partial charge is 0.308 e. The molecule has 0 aromatic carbocycles. The van der Waals surface area contributed by atoms with Gasteiger partial charge in [-0.15, -0.1) is 11.3 Å². The number of hydrogen-bond acceptors (Lipinski definition) is 6. The van der Waals surface area contributed by atoms with E-state index in [1.54, 1.807) is 11.3 Å². The van der Waals surface area contributed by atoms with Crippen molar-refractivity contribution < 1.29 is 0 Å². The zero-order valence-corrected chi connectivity index (χ0v) is 14.0. The fourth-order valence-corrected chi connectivity index (χ4v) is 3.99. The second-order valence-electron chi connectivity index (χ2n) is 4.86. The molecule has 3 N–H and O–H groups in total. The quantitative estimate of drug-likeness (QED) is 0.459. The first-order valence-electron chi connectivity index (χ1n) is 6.98. The highest BCUT2D eigenvalue weighted by Gasteiger charge is 2.13. The van der Waals surface area contributed by atoms with Crippen molar-refractivity contribution in [3.63, 3.8) is 0 Å². The number of nitrogens with zero attached hydrogens (tertiary/aromatic N) is 2. The van der Waals surface area contributed by atoms with Crippen molar-refractivity contribution in [1.82, 2.24) is 9.97 Å². The minimum atomic E-state index is 0.751. The Hall–Kier alpha value is -0.850. The first kappa shape index (κ1) is 15.5. The lowest BCUT2D eigenvalue weighted by Crippen LogP contribution is -2.11. The van der Waals surface area contributed by atoms with Crippen LogP contribution in [0.4, 0.5) is 5.82 Å². The molecule has 0 atom stereocenters. The van der Waals surface area contributed by atoms with Crippen LogP contribution in [0.5, 0.6) is 0 Å². The molecule has 0 saturated heterocycles. The van der Waals surface area contributed by atoms with Gasteiger partial charge in [-0.3, -0.25) is 0 Å².